The monoisotopic (exact) mass is 375 g/mol. The summed E-state index contributed by atoms with van der Waals surface area (Å²) >= 11 is 0. The fraction of sp³-hybridized carbons (Fsp3) is 0.389. The van der Waals surface area contributed by atoms with Gasteiger partial charge >= 0.3 is 0 Å². The molecule has 138 valence electrons. The van der Waals surface area contributed by atoms with Crippen LogP contribution in [0.15, 0.2) is 30.3 Å². The first-order valence-electron chi connectivity index (χ1n) is 8.57. The molecule has 1 aromatic carbocycles. The summed E-state index contributed by atoms with van der Waals surface area (Å²) in [5, 5.41) is 3.61. The van der Waals surface area contributed by atoms with Crippen molar-refractivity contribution in [1.82, 2.24) is 13.9 Å². The van der Waals surface area contributed by atoms with Gasteiger partial charge in [0.15, 0.2) is 0 Å². The molecule has 0 spiro atoms. The normalized spacial score (nSPS) is 18.0. The van der Waals surface area contributed by atoms with Crippen LogP contribution in [0.5, 0.6) is 0 Å². The highest BCUT2D eigenvalue weighted by molar-refractivity contribution is 7.89. The van der Waals surface area contributed by atoms with E-state index in [2.05, 4.69) is 5.32 Å². The quantitative estimate of drug-likeness (QED) is 0.754. The minimum atomic E-state index is -3.67. The molecular formula is C18H21N3O4S. The maximum Gasteiger partial charge on any atom is 0.269 e. The van der Waals surface area contributed by atoms with Gasteiger partial charge in [-0.3, -0.25) is 4.79 Å². The minimum absolute atomic E-state index is 0.00385. The fourth-order valence-corrected chi connectivity index (χ4v) is 4.70. The lowest BCUT2D eigenvalue weighted by Gasteiger charge is -2.12. The summed E-state index contributed by atoms with van der Waals surface area (Å²) < 4.78 is 33.6. The van der Waals surface area contributed by atoms with Crippen LogP contribution in [0, 0.1) is 0 Å². The third-order valence-corrected chi connectivity index (χ3v) is 5.94. The van der Waals surface area contributed by atoms with E-state index in [4.69, 9.17) is 4.74 Å². The average molecular weight is 375 g/mol. The highest BCUT2D eigenvalue weighted by Gasteiger charge is 2.26. The summed E-state index contributed by atoms with van der Waals surface area (Å²) in [6.45, 7) is 1.08. The standard InChI is InChI=1S/C18H21N3O4S/c1-20-14-8-4-3-7-13(14)17-15(20)10-16(21(17)26(2,23)24)18(22)19-11-12-6-5-9-25-12/h3-4,7-8,10,12H,5-6,9,11H2,1-2H3,(H,19,22). The summed E-state index contributed by atoms with van der Waals surface area (Å²) in [6, 6.07) is 9.20. The summed E-state index contributed by atoms with van der Waals surface area (Å²) in [5.41, 5.74) is 2.28. The Morgan fingerprint density at radius 1 is 1.31 bits per heavy atom. The first-order valence-corrected chi connectivity index (χ1v) is 10.4. The lowest BCUT2D eigenvalue weighted by atomic mass is 10.2. The Morgan fingerprint density at radius 3 is 2.77 bits per heavy atom. The second-order valence-electron chi connectivity index (χ2n) is 6.71. The zero-order valence-electron chi connectivity index (χ0n) is 14.7. The first-order chi connectivity index (χ1) is 12.4. The van der Waals surface area contributed by atoms with Crippen molar-refractivity contribution in [3.05, 3.63) is 36.0 Å². The second-order valence-corrected chi connectivity index (χ2v) is 8.54. The Bertz CT molecular complexity index is 1100. The highest BCUT2D eigenvalue weighted by atomic mass is 32.2. The van der Waals surface area contributed by atoms with Gasteiger partial charge in [0.05, 0.1) is 28.9 Å². The van der Waals surface area contributed by atoms with Crippen molar-refractivity contribution in [2.24, 2.45) is 7.05 Å². The first kappa shape index (κ1) is 17.1. The third kappa shape index (κ3) is 2.69. The van der Waals surface area contributed by atoms with Gasteiger partial charge in [-0.1, -0.05) is 18.2 Å². The van der Waals surface area contributed by atoms with E-state index in [0.29, 0.717) is 24.2 Å². The molecule has 1 atom stereocenters. The molecule has 7 nitrogen and oxygen atoms in total. The average Bonchev–Trinajstić information content (AvgIpc) is 3.30. The summed E-state index contributed by atoms with van der Waals surface area (Å²) in [6.07, 6.45) is 3.00. The van der Waals surface area contributed by atoms with Crippen molar-refractivity contribution in [1.29, 1.82) is 0 Å². The van der Waals surface area contributed by atoms with Gasteiger partial charge in [0.1, 0.15) is 5.69 Å². The van der Waals surface area contributed by atoms with Crippen LogP contribution in [-0.4, -0.2) is 48.4 Å². The highest BCUT2D eigenvalue weighted by Crippen LogP contribution is 2.32. The van der Waals surface area contributed by atoms with E-state index < -0.39 is 15.9 Å². The number of hydrogen-bond donors (Lipinski definition) is 1. The maximum absolute atomic E-state index is 12.7. The molecule has 0 bridgehead atoms. The molecule has 0 saturated carbocycles. The van der Waals surface area contributed by atoms with Crippen LogP contribution in [0.1, 0.15) is 23.3 Å². The maximum atomic E-state index is 12.7. The molecule has 1 aliphatic rings. The fourth-order valence-electron chi connectivity index (χ4n) is 3.68. The number of para-hydroxylation sites is 1. The molecule has 8 heteroatoms. The molecule has 2 aromatic heterocycles. The Morgan fingerprint density at radius 2 is 2.08 bits per heavy atom. The van der Waals surface area contributed by atoms with Gasteiger partial charge in [-0.05, 0) is 25.0 Å². The number of rotatable bonds is 4. The molecule has 0 aliphatic carbocycles. The third-order valence-electron chi connectivity index (χ3n) is 4.90. The van der Waals surface area contributed by atoms with Crippen LogP contribution >= 0.6 is 0 Å². The van der Waals surface area contributed by atoms with Crippen LogP contribution in [-0.2, 0) is 21.8 Å². The molecule has 3 heterocycles. The lowest BCUT2D eigenvalue weighted by molar-refractivity contribution is 0.0853. The SMILES string of the molecule is Cn1c2ccccc2c2c1cc(C(=O)NCC1CCCO1)n2S(C)(=O)=O. The van der Waals surface area contributed by atoms with E-state index >= 15 is 0 Å². The second kappa shape index (κ2) is 6.14. The topological polar surface area (TPSA) is 82.3 Å². The molecule has 1 amide bonds. The van der Waals surface area contributed by atoms with Crippen molar-refractivity contribution < 1.29 is 17.9 Å². The zero-order valence-corrected chi connectivity index (χ0v) is 15.5. The number of carbonyl (C=O) groups is 1. The predicted molar refractivity (Wildman–Crippen MR) is 100.0 cm³/mol. The van der Waals surface area contributed by atoms with Gasteiger partial charge < -0.3 is 14.6 Å². The number of fused-ring (bicyclic) bond motifs is 3. The van der Waals surface area contributed by atoms with Gasteiger partial charge in [0.2, 0.25) is 10.0 Å². The van der Waals surface area contributed by atoms with Crippen LogP contribution < -0.4 is 5.32 Å². The molecule has 3 aromatic rings. The van der Waals surface area contributed by atoms with E-state index in [0.717, 1.165) is 34.0 Å². The van der Waals surface area contributed by atoms with Crippen molar-refractivity contribution >= 4 is 37.9 Å². The van der Waals surface area contributed by atoms with Gasteiger partial charge in [-0.25, -0.2) is 12.4 Å². The minimum Gasteiger partial charge on any atom is -0.376 e. The number of nitrogens with one attached hydrogen (secondary N) is 1. The van der Waals surface area contributed by atoms with Gasteiger partial charge in [0, 0.05) is 25.6 Å². The lowest BCUT2D eigenvalue weighted by Crippen LogP contribution is -2.33. The molecule has 26 heavy (non-hydrogen) atoms. The van der Waals surface area contributed by atoms with Crippen LogP contribution in [0.2, 0.25) is 0 Å². The van der Waals surface area contributed by atoms with Crippen molar-refractivity contribution in [2.45, 2.75) is 18.9 Å². The number of aromatic nitrogens is 2. The van der Waals surface area contributed by atoms with E-state index in [-0.39, 0.29) is 11.8 Å². The molecule has 1 unspecified atom stereocenters. The number of amides is 1. The van der Waals surface area contributed by atoms with Crippen LogP contribution in [0.3, 0.4) is 0 Å². The Balaban J connectivity index is 1.84. The Labute approximate surface area is 151 Å². The number of nitrogens with zero attached hydrogens (tertiary/aromatic N) is 2. The van der Waals surface area contributed by atoms with Crippen molar-refractivity contribution in [3.63, 3.8) is 0 Å². The Hall–Kier alpha value is -2.32. The molecule has 4 rings (SSSR count). The zero-order chi connectivity index (χ0) is 18.5. The van der Waals surface area contributed by atoms with Crippen molar-refractivity contribution in [2.75, 3.05) is 19.4 Å². The summed E-state index contributed by atoms with van der Waals surface area (Å²) in [5.74, 6) is -0.411. The molecule has 0 radical (unpaired) electrons. The number of carbonyl (C=O) groups excluding carboxylic acids is 1. The molecule has 1 aliphatic heterocycles. The van der Waals surface area contributed by atoms with Gasteiger partial charge in [-0.15, -0.1) is 0 Å². The summed E-state index contributed by atoms with van der Waals surface area (Å²) in [7, 11) is -1.80. The predicted octanol–water partition coefficient (Wildman–Crippen LogP) is 1.85. The van der Waals surface area contributed by atoms with Crippen LogP contribution in [0.4, 0.5) is 0 Å². The van der Waals surface area contributed by atoms with Gasteiger partial charge in [0.25, 0.3) is 5.91 Å². The van der Waals surface area contributed by atoms with E-state index in [1.54, 1.807) is 6.07 Å². The van der Waals surface area contributed by atoms with E-state index in [1.165, 1.54) is 0 Å². The summed E-state index contributed by atoms with van der Waals surface area (Å²) in [4.78, 5) is 12.7. The smallest absolute Gasteiger partial charge is 0.269 e. The number of aryl methyl sites for hydroxylation is 1. The number of benzene rings is 1. The molecule has 1 saturated heterocycles. The molecular weight excluding hydrogens is 354 g/mol. The van der Waals surface area contributed by atoms with E-state index in [9.17, 15) is 13.2 Å². The molecule has 1 fully saturated rings. The number of hydrogen-bond acceptors (Lipinski definition) is 4. The largest absolute Gasteiger partial charge is 0.376 e. The molecule has 1 N–H and O–H groups in total. The van der Waals surface area contributed by atoms with Crippen molar-refractivity contribution in [3.8, 4) is 0 Å². The Kier molecular flexibility index (Phi) is 4.04. The van der Waals surface area contributed by atoms with E-state index in [1.807, 2.05) is 35.9 Å². The van der Waals surface area contributed by atoms with Gasteiger partial charge in [-0.2, -0.15) is 0 Å². The number of ether oxygens (including phenoxy) is 1. The van der Waals surface area contributed by atoms with Crippen LogP contribution in [0.25, 0.3) is 21.9 Å².